The molecule has 1 aliphatic heterocycles. The Morgan fingerprint density at radius 3 is 2.82 bits per heavy atom. The lowest BCUT2D eigenvalue weighted by atomic mass is 10.0. The van der Waals surface area contributed by atoms with Gasteiger partial charge in [0.25, 0.3) is 0 Å². The molecule has 0 unspecified atom stereocenters. The van der Waals surface area contributed by atoms with E-state index in [1.807, 2.05) is 48.0 Å². The predicted molar refractivity (Wildman–Crippen MR) is 133 cm³/mol. The monoisotopic (exact) mass is 470 g/mol. The van der Waals surface area contributed by atoms with Crippen molar-refractivity contribution < 1.29 is 9.62 Å². The molecule has 0 aliphatic carbocycles. The van der Waals surface area contributed by atoms with Gasteiger partial charge in [-0.1, -0.05) is 5.16 Å². The molecule has 5 heterocycles. The van der Waals surface area contributed by atoms with Crippen molar-refractivity contribution in [3.05, 3.63) is 71.9 Å². The van der Waals surface area contributed by atoms with Crippen LogP contribution in [0.4, 0.5) is 11.5 Å². The summed E-state index contributed by atoms with van der Waals surface area (Å²) < 4.78 is 7.28. The minimum absolute atomic E-state index is 0.350. The van der Waals surface area contributed by atoms with Crippen LogP contribution in [0.1, 0.15) is 12.8 Å². The van der Waals surface area contributed by atoms with E-state index >= 15 is 0 Å². The molecule has 34 heavy (non-hydrogen) atoms. The molecule has 0 spiro atoms. The molecule has 0 amide bonds. The summed E-state index contributed by atoms with van der Waals surface area (Å²) in [6, 6.07) is 14.0. The first-order valence-corrected chi connectivity index (χ1v) is 12.0. The van der Waals surface area contributed by atoms with Gasteiger partial charge in [-0.15, -0.1) is 11.3 Å². The van der Waals surface area contributed by atoms with Gasteiger partial charge in [-0.2, -0.15) is 0 Å². The molecule has 1 fully saturated rings. The number of piperidine rings is 1. The van der Waals surface area contributed by atoms with E-state index in [-0.39, 0.29) is 0 Å². The van der Waals surface area contributed by atoms with Crippen molar-refractivity contribution in [2.45, 2.75) is 18.9 Å². The molecule has 0 radical (unpaired) electrons. The average Bonchev–Trinajstić information content (AvgIpc) is 3.37. The van der Waals surface area contributed by atoms with E-state index in [0.717, 1.165) is 52.9 Å². The Bertz CT molecular complexity index is 1520. The highest BCUT2D eigenvalue weighted by atomic mass is 32.1. The van der Waals surface area contributed by atoms with Crippen molar-refractivity contribution in [2.24, 2.45) is 5.16 Å². The van der Waals surface area contributed by atoms with Gasteiger partial charge in [0.2, 0.25) is 0 Å². The van der Waals surface area contributed by atoms with Crippen molar-refractivity contribution in [3.8, 4) is 11.5 Å². The molecule has 9 heteroatoms. The maximum absolute atomic E-state index is 9.72. The third kappa shape index (κ3) is 3.94. The van der Waals surface area contributed by atoms with Gasteiger partial charge in [-0.3, -0.25) is 4.98 Å². The number of fused-ring (bicyclic) bond motifs is 2. The smallest absolute Gasteiger partial charge is 0.155 e. The van der Waals surface area contributed by atoms with E-state index < -0.39 is 0 Å². The molecule has 0 bridgehead atoms. The first-order chi connectivity index (χ1) is 16.8. The molecule has 1 aromatic carbocycles. The molecular formula is C25H22N6O2S. The Morgan fingerprint density at radius 2 is 2.00 bits per heavy atom. The van der Waals surface area contributed by atoms with E-state index in [0.29, 0.717) is 28.4 Å². The van der Waals surface area contributed by atoms with Gasteiger partial charge >= 0.3 is 0 Å². The zero-order valence-electron chi connectivity index (χ0n) is 18.3. The van der Waals surface area contributed by atoms with Gasteiger partial charge in [-0.25, -0.2) is 9.97 Å². The van der Waals surface area contributed by atoms with Crippen molar-refractivity contribution in [2.75, 3.05) is 23.3 Å². The number of rotatable bonds is 4. The van der Waals surface area contributed by atoms with E-state index in [1.165, 1.54) is 0 Å². The lowest BCUT2D eigenvalue weighted by Gasteiger charge is -2.33. The fourth-order valence-electron chi connectivity index (χ4n) is 4.42. The minimum atomic E-state index is 0.350. The molecule has 2 N–H and O–H groups in total. The fourth-order valence-corrected chi connectivity index (χ4v) is 5.21. The van der Waals surface area contributed by atoms with Gasteiger partial charge in [0.1, 0.15) is 28.8 Å². The van der Waals surface area contributed by atoms with E-state index in [1.54, 1.807) is 29.9 Å². The predicted octanol–water partition coefficient (Wildman–Crippen LogP) is 4.87. The highest BCUT2D eigenvalue weighted by molar-refractivity contribution is 7.17. The van der Waals surface area contributed by atoms with Crippen LogP contribution in [0.2, 0.25) is 0 Å². The van der Waals surface area contributed by atoms with Crippen LogP contribution in [0.5, 0.6) is 0 Å². The second kappa shape index (κ2) is 8.75. The second-order valence-electron chi connectivity index (χ2n) is 8.31. The molecule has 8 nitrogen and oxygen atoms in total. The van der Waals surface area contributed by atoms with E-state index in [4.69, 9.17) is 4.42 Å². The molecule has 170 valence electrons. The summed E-state index contributed by atoms with van der Waals surface area (Å²) in [6.07, 6.45) is 7.20. The number of aromatic nitrogens is 3. The van der Waals surface area contributed by atoms with Crippen molar-refractivity contribution >= 4 is 43.9 Å². The Labute approximate surface area is 199 Å². The minimum Gasteiger partial charge on any atom is -0.454 e. The molecular weight excluding hydrogens is 448 g/mol. The first-order valence-electron chi connectivity index (χ1n) is 11.1. The standard InChI is InChI=1S/C25H22N6O2S/c32-30-20-12-23(21-13-24-16(14-27-21)6-10-34-24)33-22-2-1-18(11-19(20)22)29-17-4-8-31(9-5-17)25-3-7-26-15-28-25/h1-3,6-7,10-15,17,29,32H,4-5,8-9H2/b30-20+. The van der Waals surface area contributed by atoms with E-state index in [2.05, 4.69) is 30.3 Å². The van der Waals surface area contributed by atoms with Gasteiger partial charge in [0.05, 0.1) is 0 Å². The van der Waals surface area contributed by atoms with Crippen molar-refractivity contribution in [1.29, 1.82) is 0 Å². The van der Waals surface area contributed by atoms with Crippen LogP contribution in [-0.2, 0) is 0 Å². The number of pyridine rings is 1. The summed E-state index contributed by atoms with van der Waals surface area (Å²) in [4.78, 5) is 15.2. The highest BCUT2D eigenvalue weighted by Crippen LogP contribution is 2.28. The molecule has 6 rings (SSSR count). The van der Waals surface area contributed by atoms with Crippen LogP contribution < -0.4 is 15.6 Å². The molecule has 0 atom stereocenters. The Morgan fingerprint density at radius 1 is 1.09 bits per heavy atom. The average molecular weight is 471 g/mol. The van der Waals surface area contributed by atoms with Crippen LogP contribution in [0.3, 0.4) is 0 Å². The number of anilines is 2. The van der Waals surface area contributed by atoms with Crippen LogP contribution >= 0.6 is 11.3 Å². The molecule has 1 saturated heterocycles. The normalized spacial score (nSPS) is 15.3. The summed E-state index contributed by atoms with van der Waals surface area (Å²) in [7, 11) is 0. The zero-order chi connectivity index (χ0) is 22.9. The summed E-state index contributed by atoms with van der Waals surface area (Å²) in [5, 5.41) is 21.2. The summed E-state index contributed by atoms with van der Waals surface area (Å²) >= 11 is 1.65. The van der Waals surface area contributed by atoms with Gasteiger partial charge in [0, 0.05) is 58.8 Å². The number of hydrogen-bond acceptors (Lipinski definition) is 9. The van der Waals surface area contributed by atoms with Crippen LogP contribution in [0.25, 0.3) is 32.5 Å². The van der Waals surface area contributed by atoms with Crippen LogP contribution in [-0.4, -0.2) is 39.3 Å². The Hall–Kier alpha value is -3.98. The van der Waals surface area contributed by atoms with Crippen molar-refractivity contribution in [3.63, 3.8) is 0 Å². The number of hydrogen-bond donors (Lipinski definition) is 2. The summed E-state index contributed by atoms with van der Waals surface area (Å²) in [5.41, 5.74) is 2.32. The zero-order valence-corrected chi connectivity index (χ0v) is 19.1. The third-order valence-corrected chi connectivity index (χ3v) is 7.08. The van der Waals surface area contributed by atoms with Crippen LogP contribution in [0, 0.1) is 0 Å². The number of nitrogens with one attached hydrogen (secondary N) is 1. The maximum atomic E-state index is 9.72. The van der Waals surface area contributed by atoms with Crippen molar-refractivity contribution in [1.82, 2.24) is 15.0 Å². The number of thiophene rings is 1. The third-order valence-electron chi connectivity index (χ3n) is 6.20. The largest absolute Gasteiger partial charge is 0.454 e. The molecule has 4 aromatic heterocycles. The van der Waals surface area contributed by atoms with Gasteiger partial charge in [-0.05, 0) is 54.6 Å². The summed E-state index contributed by atoms with van der Waals surface area (Å²) in [5.74, 6) is 1.53. The maximum Gasteiger partial charge on any atom is 0.155 e. The Balaban J connectivity index is 1.23. The van der Waals surface area contributed by atoms with Gasteiger partial charge < -0.3 is 19.8 Å². The highest BCUT2D eigenvalue weighted by Gasteiger charge is 2.20. The Kier molecular flexibility index (Phi) is 5.31. The topological polar surface area (TPSA) is 99.7 Å². The number of benzene rings is 1. The van der Waals surface area contributed by atoms with Gasteiger partial charge in [0.15, 0.2) is 5.76 Å². The number of nitrogens with zero attached hydrogens (tertiary/aromatic N) is 5. The lowest BCUT2D eigenvalue weighted by molar-refractivity contribution is 0.302. The lowest BCUT2D eigenvalue weighted by Crippen LogP contribution is -2.39. The molecule has 5 aromatic rings. The first kappa shape index (κ1) is 20.6. The fraction of sp³-hybridized carbons (Fsp3) is 0.200. The SMILES string of the molecule is O/N=c1\cc(-c2cc3sccc3cn2)oc2ccc(NC3CCN(c4ccncn4)CC3)cc12. The molecule has 0 saturated carbocycles. The molecule has 1 aliphatic rings. The van der Waals surface area contributed by atoms with E-state index in [9.17, 15) is 5.21 Å². The summed E-state index contributed by atoms with van der Waals surface area (Å²) in [6.45, 7) is 1.86. The quantitative estimate of drug-likeness (QED) is 0.285. The van der Waals surface area contributed by atoms with Crippen LogP contribution in [0.15, 0.2) is 76.1 Å². The second-order valence-corrected chi connectivity index (χ2v) is 9.26.